The highest BCUT2D eigenvalue weighted by Gasteiger charge is 2.19. The van der Waals surface area contributed by atoms with E-state index in [2.05, 4.69) is 25.6 Å². The van der Waals surface area contributed by atoms with E-state index in [1.165, 1.54) is 37.4 Å². The zero-order valence-corrected chi connectivity index (χ0v) is 15.2. The molecule has 1 amide bonds. The molecule has 142 valence electrons. The third kappa shape index (κ3) is 4.14. The topological polar surface area (TPSA) is 79.8 Å². The Morgan fingerprint density at radius 3 is 2.57 bits per heavy atom. The Labute approximate surface area is 162 Å². The van der Waals surface area contributed by atoms with Crippen LogP contribution in [0, 0.1) is 5.82 Å². The van der Waals surface area contributed by atoms with Crippen molar-refractivity contribution < 1.29 is 9.18 Å². The Morgan fingerprint density at radius 1 is 1.04 bits per heavy atom. The lowest BCUT2D eigenvalue weighted by atomic mass is 10.2. The van der Waals surface area contributed by atoms with Gasteiger partial charge in [-0.1, -0.05) is 25.0 Å². The van der Waals surface area contributed by atoms with E-state index in [0.717, 1.165) is 12.8 Å². The molecule has 0 spiro atoms. The van der Waals surface area contributed by atoms with Crippen LogP contribution in [0.5, 0.6) is 0 Å². The first kappa shape index (κ1) is 18.0. The van der Waals surface area contributed by atoms with Crippen molar-refractivity contribution in [2.24, 2.45) is 0 Å². The summed E-state index contributed by atoms with van der Waals surface area (Å²) in [5.41, 5.74) is 1.51. The summed E-state index contributed by atoms with van der Waals surface area (Å²) in [4.78, 5) is 25.5. The number of amides is 1. The van der Waals surface area contributed by atoms with E-state index in [4.69, 9.17) is 0 Å². The highest BCUT2D eigenvalue weighted by atomic mass is 19.1. The van der Waals surface area contributed by atoms with E-state index in [1.807, 2.05) is 0 Å². The van der Waals surface area contributed by atoms with Crippen molar-refractivity contribution in [2.45, 2.75) is 31.7 Å². The second-order valence-electron chi connectivity index (χ2n) is 6.79. The zero-order valence-electron chi connectivity index (χ0n) is 15.2. The van der Waals surface area contributed by atoms with Crippen LogP contribution < -0.4 is 10.6 Å². The van der Waals surface area contributed by atoms with Gasteiger partial charge in [0.25, 0.3) is 5.91 Å². The first-order valence-corrected chi connectivity index (χ1v) is 9.30. The molecule has 1 aliphatic rings. The Morgan fingerprint density at radius 2 is 1.82 bits per heavy atom. The number of anilines is 2. The molecule has 7 heteroatoms. The van der Waals surface area contributed by atoms with Gasteiger partial charge in [0.1, 0.15) is 11.6 Å². The van der Waals surface area contributed by atoms with Crippen molar-refractivity contribution in [1.29, 1.82) is 0 Å². The standard InChI is InChI=1S/C21H20FN5O/c22-15-6-3-5-14(11-15)19-24-12-17(13-25-19)27-21(28)18-9-4-10-23-20(18)26-16-7-1-2-8-16/h3-6,9-13,16H,1-2,7-8H2,(H,23,26)(H,27,28). The molecule has 0 unspecified atom stereocenters. The van der Waals surface area contributed by atoms with E-state index >= 15 is 0 Å². The van der Waals surface area contributed by atoms with E-state index in [1.54, 1.807) is 30.5 Å². The molecule has 0 aliphatic heterocycles. The van der Waals surface area contributed by atoms with Crippen LogP contribution in [0.1, 0.15) is 36.0 Å². The second kappa shape index (κ2) is 8.12. The smallest absolute Gasteiger partial charge is 0.259 e. The molecule has 1 aromatic carbocycles. The van der Waals surface area contributed by atoms with Gasteiger partial charge in [-0.3, -0.25) is 4.79 Å². The van der Waals surface area contributed by atoms with E-state index in [0.29, 0.717) is 34.5 Å². The summed E-state index contributed by atoms with van der Waals surface area (Å²) in [6.45, 7) is 0. The molecule has 2 heterocycles. The number of pyridine rings is 1. The summed E-state index contributed by atoms with van der Waals surface area (Å²) < 4.78 is 13.4. The molecule has 2 N–H and O–H groups in total. The van der Waals surface area contributed by atoms with Crippen LogP contribution in [-0.4, -0.2) is 26.9 Å². The van der Waals surface area contributed by atoms with Crippen LogP contribution in [0.4, 0.5) is 15.9 Å². The molecule has 0 radical (unpaired) electrons. The van der Waals surface area contributed by atoms with Crippen LogP contribution in [0.25, 0.3) is 11.4 Å². The molecular weight excluding hydrogens is 357 g/mol. The van der Waals surface area contributed by atoms with Crippen molar-refractivity contribution in [2.75, 3.05) is 10.6 Å². The van der Waals surface area contributed by atoms with Crippen LogP contribution in [0.3, 0.4) is 0 Å². The van der Waals surface area contributed by atoms with Gasteiger partial charge in [0, 0.05) is 17.8 Å². The third-order valence-corrected chi connectivity index (χ3v) is 4.74. The average Bonchev–Trinajstić information content (AvgIpc) is 3.22. The van der Waals surface area contributed by atoms with Crippen LogP contribution in [0.15, 0.2) is 55.0 Å². The van der Waals surface area contributed by atoms with Gasteiger partial charge in [-0.05, 0) is 37.1 Å². The van der Waals surface area contributed by atoms with Gasteiger partial charge >= 0.3 is 0 Å². The molecule has 0 saturated heterocycles. The number of nitrogens with one attached hydrogen (secondary N) is 2. The molecule has 1 saturated carbocycles. The number of rotatable bonds is 5. The molecule has 28 heavy (non-hydrogen) atoms. The van der Waals surface area contributed by atoms with E-state index < -0.39 is 0 Å². The Hall–Kier alpha value is -3.35. The molecular formula is C21H20FN5O. The van der Waals surface area contributed by atoms with Crippen molar-refractivity contribution in [3.63, 3.8) is 0 Å². The molecule has 6 nitrogen and oxygen atoms in total. The minimum Gasteiger partial charge on any atom is -0.367 e. The highest BCUT2D eigenvalue weighted by molar-refractivity contribution is 6.07. The van der Waals surface area contributed by atoms with Crippen molar-refractivity contribution >= 4 is 17.4 Å². The van der Waals surface area contributed by atoms with E-state index in [-0.39, 0.29) is 11.7 Å². The van der Waals surface area contributed by atoms with Gasteiger partial charge in [-0.25, -0.2) is 19.3 Å². The second-order valence-corrected chi connectivity index (χ2v) is 6.79. The maximum absolute atomic E-state index is 13.4. The number of carbonyl (C=O) groups excluding carboxylic acids is 1. The normalized spacial score (nSPS) is 14.0. The van der Waals surface area contributed by atoms with Crippen LogP contribution in [-0.2, 0) is 0 Å². The number of aromatic nitrogens is 3. The molecule has 1 aliphatic carbocycles. The maximum atomic E-state index is 13.4. The van der Waals surface area contributed by atoms with Crippen molar-refractivity contribution in [3.8, 4) is 11.4 Å². The minimum absolute atomic E-state index is 0.282. The van der Waals surface area contributed by atoms with Crippen LogP contribution >= 0.6 is 0 Å². The minimum atomic E-state index is -0.350. The lowest BCUT2D eigenvalue weighted by Crippen LogP contribution is -2.20. The summed E-state index contributed by atoms with van der Waals surface area (Å²) >= 11 is 0. The SMILES string of the molecule is O=C(Nc1cnc(-c2cccc(F)c2)nc1)c1cccnc1NC1CCCC1. The average molecular weight is 377 g/mol. The number of hydrogen-bond donors (Lipinski definition) is 2. The predicted octanol–water partition coefficient (Wildman–Crippen LogP) is 4.28. The van der Waals surface area contributed by atoms with E-state index in [9.17, 15) is 9.18 Å². The monoisotopic (exact) mass is 377 g/mol. The Balaban J connectivity index is 1.48. The number of nitrogens with zero attached hydrogens (tertiary/aromatic N) is 3. The van der Waals surface area contributed by atoms with Gasteiger partial charge < -0.3 is 10.6 Å². The lowest BCUT2D eigenvalue weighted by molar-refractivity contribution is 0.102. The molecule has 4 rings (SSSR count). The fourth-order valence-corrected chi connectivity index (χ4v) is 3.33. The fourth-order valence-electron chi connectivity index (χ4n) is 3.33. The zero-order chi connectivity index (χ0) is 19.3. The molecule has 2 aromatic heterocycles. The first-order valence-electron chi connectivity index (χ1n) is 9.30. The Bertz CT molecular complexity index is 971. The number of hydrogen-bond acceptors (Lipinski definition) is 5. The fraction of sp³-hybridized carbons (Fsp3) is 0.238. The van der Waals surface area contributed by atoms with Gasteiger partial charge in [0.15, 0.2) is 5.82 Å². The number of benzene rings is 1. The number of carbonyl (C=O) groups is 1. The predicted molar refractivity (Wildman–Crippen MR) is 105 cm³/mol. The summed E-state index contributed by atoms with van der Waals surface area (Å²) in [6.07, 6.45) is 9.25. The first-order chi connectivity index (χ1) is 13.7. The van der Waals surface area contributed by atoms with Gasteiger partial charge in [-0.15, -0.1) is 0 Å². The maximum Gasteiger partial charge on any atom is 0.259 e. The van der Waals surface area contributed by atoms with Crippen molar-refractivity contribution in [1.82, 2.24) is 15.0 Å². The Kier molecular flexibility index (Phi) is 5.23. The quantitative estimate of drug-likeness (QED) is 0.694. The lowest BCUT2D eigenvalue weighted by Gasteiger charge is -2.15. The molecule has 0 atom stereocenters. The third-order valence-electron chi connectivity index (χ3n) is 4.74. The summed E-state index contributed by atoms with van der Waals surface area (Å²) in [5, 5.41) is 6.17. The molecule has 0 bridgehead atoms. The number of halogens is 1. The van der Waals surface area contributed by atoms with Crippen LogP contribution in [0.2, 0.25) is 0 Å². The summed E-state index contributed by atoms with van der Waals surface area (Å²) in [6, 6.07) is 9.89. The summed E-state index contributed by atoms with van der Waals surface area (Å²) in [7, 11) is 0. The molecule has 3 aromatic rings. The van der Waals surface area contributed by atoms with Gasteiger partial charge in [0.2, 0.25) is 0 Å². The van der Waals surface area contributed by atoms with Gasteiger partial charge in [-0.2, -0.15) is 0 Å². The highest BCUT2D eigenvalue weighted by Crippen LogP contribution is 2.24. The summed E-state index contributed by atoms with van der Waals surface area (Å²) in [5.74, 6) is 0.347. The molecule has 1 fully saturated rings. The van der Waals surface area contributed by atoms with Crippen molar-refractivity contribution in [3.05, 3.63) is 66.4 Å². The van der Waals surface area contributed by atoms with Gasteiger partial charge in [0.05, 0.1) is 23.6 Å². The largest absolute Gasteiger partial charge is 0.367 e.